The van der Waals surface area contributed by atoms with Crippen LogP contribution in [0.15, 0.2) is 46.9 Å². The van der Waals surface area contributed by atoms with Gasteiger partial charge in [-0.3, -0.25) is 0 Å². The first-order valence-corrected chi connectivity index (χ1v) is 7.57. The molecule has 2 rings (SSSR count). The van der Waals surface area contributed by atoms with Crippen LogP contribution in [0.4, 0.5) is 0 Å². The fraction of sp³-hybridized carbons (Fsp3) is 0.294. The Balaban J connectivity index is 2.18. The summed E-state index contributed by atoms with van der Waals surface area (Å²) in [5.74, 6) is 0.743. The second-order valence-corrected chi connectivity index (χ2v) is 5.64. The van der Waals surface area contributed by atoms with Gasteiger partial charge in [0, 0.05) is 7.11 Å². The molecule has 0 radical (unpaired) electrons. The Labute approximate surface area is 133 Å². The summed E-state index contributed by atoms with van der Waals surface area (Å²) in [7, 11) is 1.64. The Hall–Kier alpha value is -1.36. The number of aryl methyl sites for hydroxylation is 1. The van der Waals surface area contributed by atoms with Crippen LogP contribution in [0.1, 0.15) is 22.8 Å². The van der Waals surface area contributed by atoms with Crippen molar-refractivity contribution in [3.05, 3.63) is 63.6 Å². The maximum atomic E-state index is 10.5. The highest BCUT2D eigenvalue weighted by Crippen LogP contribution is 2.31. The summed E-state index contributed by atoms with van der Waals surface area (Å²) < 4.78 is 11.4. The second-order valence-electron chi connectivity index (χ2n) is 4.79. The first-order chi connectivity index (χ1) is 10.1. The average molecular weight is 351 g/mol. The van der Waals surface area contributed by atoms with Crippen molar-refractivity contribution in [2.45, 2.75) is 13.0 Å². The van der Waals surface area contributed by atoms with Crippen LogP contribution in [0, 0.1) is 6.92 Å². The Morgan fingerprint density at radius 2 is 1.90 bits per heavy atom. The van der Waals surface area contributed by atoms with Gasteiger partial charge in [-0.25, -0.2) is 0 Å². The molecule has 112 valence electrons. The van der Waals surface area contributed by atoms with E-state index in [4.69, 9.17) is 9.47 Å². The minimum Gasteiger partial charge on any atom is -0.490 e. The number of rotatable bonds is 6. The summed E-state index contributed by atoms with van der Waals surface area (Å²) in [4.78, 5) is 0. The fourth-order valence-electron chi connectivity index (χ4n) is 2.11. The highest BCUT2D eigenvalue weighted by atomic mass is 79.9. The number of hydrogen-bond acceptors (Lipinski definition) is 3. The zero-order chi connectivity index (χ0) is 15.2. The molecule has 3 nitrogen and oxygen atoms in total. The van der Waals surface area contributed by atoms with Gasteiger partial charge in [-0.1, -0.05) is 30.3 Å². The lowest BCUT2D eigenvalue weighted by atomic mass is 9.97. The number of halogens is 1. The Morgan fingerprint density at radius 3 is 2.57 bits per heavy atom. The molecule has 0 saturated heterocycles. The molecule has 0 amide bonds. The van der Waals surface area contributed by atoms with E-state index in [-0.39, 0.29) is 0 Å². The van der Waals surface area contributed by atoms with Gasteiger partial charge in [0.05, 0.1) is 11.1 Å². The van der Waals surface area contributed by atoms with Crippen LogP contribution in [0.3, 0.4) is 0 Å². The summed E-state index contributed by atoms with van der Waals surface area (Å²) in [6.07, 6.45) is -0.643. The van der Waals surface area contributed by atoms with E-state index in [1.54, 1.807) is 7.11 Å². The van der Waals surface area contributed by atoms with Gasteiger partial charge in [-0.15, -0.1) is 0 Å². The van der Waals surface area contributed by atoms with Gasteiger partial charge >= 0.3 is 0 Å². The molecule has 0 spiro atoms. The van der Waals surface area contributed by atoms with Gasteiger partial charge in [0.15, 0.2) is 0 Å². The van der Waals surface area contributed by atoms with Crippen molar-refractivity contribution in [2.24, 2.45) is 0 Å². The maximum absolute atomic E-state index is 10.5. The molecule has 4 heteroatoms. The number of hydrogen-bond donors (Lipinski definition) is 1. The molecular weight excluding hydrogens is 332 g/mol. The Morgan fingerprint density at radius 1 is 1.14 bits per heavy atom. The summed E-state index contributed by atoms with van der Waals surface area (Å²) in [5, 5.41) is 10.5. The molecular formula is C17H19BrO3. The maximum Gasteiger partial charge on any atom is 0.133 e. The fourth-order valence-corrected chi connectivity index (χ4v) is 2.62. The van der Waals surface area contributed by atoms with Crippen LogP contribution >= 0.6 is 15.9 Å². The highest BCUT2D eigenvalue weighted by Gasteiger charge is 2.14. The third-order valence-electron chi connectivity index (χ3n) is 3.30. The summed E-state index contributed by atoms with van der Waals surface area (Å²) >= 11 is 3.48. The van der Waals surface area contributed by atoms with Gasteiger partial charge in [0.2, 0.25) is 0 Å². The Bertz CT molecular complexity index is 598. The van der Waals surface area contributed by atoms with Gasteiger partial charge in [-0.05, 0) is 51.7 Å². The molecule has 0 heterocycles. The molecule has 1 unspecified atom stereocenters. The van der Waals surface area contributed by atoms with Crippen molar-refractivity contribution < 1.29 is 14.6 Å². The summed E-state index contributed by atoms with van der Waals surface area (Å²) in [6, 6.07) is 13.5. The van der Waals surface area contributed by atoms with E-state index in [0.29, 0.717) is 13.2 Å². The summed E-state index contributed by atoms with van der Waals surface area (Å²) in [6.45, 7) is 3.03. The first kappa shape index (κ1) is 16.0. The van der Waals surface area contributed by atoms with Gasteiger partial charge < -0.3 is 14.6 Å². The molecule has 0 aliphatic carbocycles. The SMILES string of the molecule is COCCOc1ccc(C(O)c2ccccc2C)cc1Br. The van der Waals surface area contributed by atoms with E-state index in [0.717, 1.165) is 26.9 Å². The monoisotopic (exact) mass is 350 g/mol. The lowest BCUT2D eigenvalue weighted by Gasteiger charge is -2.16. The van der Waals surface area contributed by atoms with E-state index in [2.05, 4.69) is 15.9 Å². The third kappa shape index (κ3) is 4.06. The molecule has 0 aliphatic heterocycles. The molecule has 1 atom stereocenters. The second kappa shape index (κ2) is 7.59. The molecule has 0 aliphatic rings. The number of methoxy groups -OCH3 is 1. The molecule has 21 heavy (non-hydrogen) atoms. The normalized spacial score (nSPS) is 12.2. The van der Waals surface area contributed by atoms with Crippen LogP contribution in [0.5, 0.6) is 5.75 Å². The van der Waals surface area contributed by atoms with Crippen molar-refractivity contribution >= 4 is 15.9 Å². The zero-order valence-corrected chi connectivity index (χ0v) is 13.8. The molecule has 0 saturated carbocycles. The molecule has 2 aromatic carbocycles. The molecule has 0 aromatic heterocycles. The molecule has 0 fully saturated rings. The number of benzene rings is 2. The zero-order valence-electron chi connectivity index (χ0n) is 12.2. The van der Waals surface area contributed by atoms with Gasteiger partial charge in [-0.2, -0.15) is 0 Å². The van der Waals surface area contributed by atoms with Crippen LogP contribution < -0.4 is 4.74 Å². The van der Waals surface area contributed by atoms with Gasteiger partial charge in [0.25, 0.3) is 0 Å². The average Bonchev–Trinajstić information content (AvgIpc) is 2.49. The Kier molecular flexibility index (Phi) is 5.79. The molecule has 1 N–H and O–H groups in total. The lowest BCUT2D eigenvalue weighted by Crippen LogP contribution is -2.06. The van der Waals surface area contributed by atoms with E-state index >= 15 is 0 Å². The van der Waals surface area contributed by atoms with Crippen molar-refractivity contribution in [1.82, 2.24) is 0 Å². The van der Waals surface area contributed by atoms with E-state index in [1.165, 1.54) is 0 Å². The van der Waals surface area contributed by atoms with Gasteiger partial charge in [0.1, 0.15) is 18.5 Å². The smallest absolute Gasteiger partial charge is 0.133 e. The van der Waals surface area contributed by atoms with Crippen molar-refractivity contribution in [3.8, 4) is 5.75 Å². The highest BCUT2D eigenvalue weighted by molar-refractivity contribution is 9.10. The molecule has 0 bridgehead atoms. The van der Waals surface area contributed by atoms with Crippen LogP contribution in [0.2, 0.25) is 0 Å². The van der Waals surface area contributed by atoms with Crippen molar-refractivity contribution in [1.29, 1.82) is 0 Å². The summed E-state index contributed by atoms with van der Waals surface area (Å²) in [5.41, 5.74) is 2.81. The van der Waals surface area contributed by atoms with E-state index in [1.807, 2.05) is 49.4 Å². The minimum atomic E-state index is -0.643. The number of ether oxygens (including phenoxy) is 2. The van der Waals surface area contributed by atoms with Crippen molar-refractivity contribution in [3.63, 3.8) is 0 Å². The quantitative estimate of drug-likeness (QED) is 0.803. The predicted octanol–water partition coefficient (Wildman–Crippen LogP) is 3.86. The first-order valence-electron chi connectivity index (χ1n) is 6.78. The van der Waals surface area contributed by atoms with E-state index in [9.17, 15) is 5.11 Å². The molecule has 2 aromatic rings. The van der Waals surface area contributed by atoms with Crippen molar-refractivity contribution in [2.75, 3.05) is 20.3 Å². The lowest BCUT2D eigenvalue weighted by molar-refractivity contribution is 0.146. The minimum absolute atomic E-state index is 0.495. The standard InChI is InChI=1S/C17H19BrO3/c1-12-5-3-4-6-14(12)17(19)13-7-8-16(15(18)11-13)21-10-9-20-2/h3-8,11,17,19H,9-10H2,1-2H3. The van der Waals surface area contributed by atoms with Crippen LogP contribution in [0.25, 0.3) is 0 Å². The van der Waals surface area contributed by atoms with Crippen LogP contribution in [-0.4, -0.2) is 25.4 Å². The van der Waals surface area contributed by atoms with Crippen LogP contribution in [-0.2, 0) is 4.74 Å². The third-order valence-corrected chi connectivity index (χ3v) is 3.92. The predicted molar refractivity (Wildman–Crippen MR) is 86.8 cm³/mol. The number of aliphatic hydroxyl groups is 1. The van der Waals surface area contributed by atoms with E-state index < -0.39 is 6.10 Å². The topological polar surface area (TPSA) is 38.7 Å². The largest absolute Gasteiger partial charge is 0.490 e. The number of aliphatic hydroxyl groups excluding tert-OH is 1.